The van der Waals surface area contributed by atoms with E-state index in [1.165, 1.54) is 16.7 Å². The van der Waals surface area contributed by atoms with Crippen LogP contribution in [0.5, 0.6) is 0 Å². The number of thioether (sulfide) groups is 1. The van der Waals surface area contributed by atoms with E-state index in [9.17, 15) is 9.59 Å². The molecular formula is C14H25NO5S. The molecule has 6 nitrogen and oxygen atoms in total. The summed E-state index contributed by atoms with van der Waals surface area (Å²) in [6, 6.07) is 0. The minimum atomic E-state index is -0.873. The van der Waals surface area contributed by atoms with Crippen LogP contribution in [0.15, 0.2) is 0 Å². The normalized spacial score (nSPS) is 18.8. The van der Waals surface area contributed by atoms with Crippen LogP contribution in [-0.4, -0.2) is 62.5 Å². The number of aliphatic hydroxyl groups excluding tert-OH is 1. The van der Waals surface area contributed by atoms with Gasteiger partial charge >= 0.3 is 12.1 Å². The molecule has 1 atom stereocenters. The SMILES string of the molecule is CC(CCO)SC1(CC(=O)O)CN(C(=O)OC(C)(C)C)C1. The van der Waals surface area contributed by atoms with Crippen LogP contribution >= 0.6 is 11.8 Å². The third-order valence-electron chi connectivity index (χ3n) is 3.07. The number of amides is 1. The Morgan fingerprint density at radius 2 is 1.95 bits per heavy atom. The zero-order valence-electron chi connectivity index (χ0n) is 13.1. The molecule has 1 amide bonds. The van der Waals surface area contributed by atoms with Crippen LogP contribution in [0.4, 0.5) is 4.79 Å². The molecule has 1 fully saturated rings. The summed E-state index contributed by atoms with van der Waals surface area (Å²) >= 11 is 1.54. The lowest BCUT2D eigenvalue weighted by atomic mass is 9.95. The highest BCUT2D eigenvalue weighted by atomic mass is 32.2. The Bertz CT molecular complexity index is 387. The van der Waals surface area contributed by atoms with Crippen molar-refractivity contribution in [2.24, 2.45) is 0 Å². The first-order chi connectivity index (χ1) is 9.57. The highest BCUT2D eigenvalue weighted by molar-refractivity contribution is 8.01. The van der Waals surface area contributed by atoms with Gasteiger partial charge in [-0.1, -0.05) is 6.92 Å². The summed E-state index contributed by atoms with van der Waals surface area (Å²) in [5, 5.41) is 18.2. The van der Waals surface area contributed by atoms with Gasteiger partial charge in [-0.2, -0.15) is 0 Å². The highest BCUT2D eigenvalue weighted by Crippen LogP contribution is 2.42. The third-order valence-corrected chi connectivity index (χ3v) is 4.61. The lowest BCUT2D eigenvalue weighted by Crippen LogP contribution is -2.63. The van der Waals surface area contributed by atoms with Gasteiger partial charge in [0.05, 0.1) is 11.2 Å². The van der Waals surface area contributed by atoms with E-state index in [4.69, 9.17) is 14.9 Å². The van der Waals surface area contributed by atoms with E-state index in [1.807, 2.05) is 6.92 Å². The van der Waals surface area contributed by atoms with Gasteiger partial charge in [0.1, 0.15) is 5.60 Å². The molecule has 0 aromatic rings. The quantitative estimate of drug-likeness (QED) is 0.778. The van der Waals surface area contributed by atoms with Crippen LogP contribution in [-0.2, 0) is 9.53 Å². The second kappa shape index (κ2) is 6.87. The maximum atomic E-state index is 11.9. The molecule has 0 aromatic heterocycles. The van der Waals surface area contributed by atoms with E-state index < -0.39 is 22.4 Å². The van der Waals surface area contributed by atoms with Gasteiger partial charge in [0.15, 0.2) is 0 Å². The van der Waals surface area contributed by atoms with Crippen LogP contribution in [0.25, 0.3) is 0 Å². The zero-order chi connectivity index (χ0) is 16.3. The fourth-order valence-electron chi connectivity index (χ4n) is 2.28. The Balaban J connectivity index is 2.61. The van der Waals surface area contributed by atoms with Crippen molar-refractivity contribution in [3.63, 3.8) is 0 Å². The van der Waals surface area contributed by atoms with Crippen molar-refractivity contribution in [1.82, 2.24) is 4.90 Å². The molecule has 21 heavy (non-hydrogen) atoms. The van der Waals surface area contributed by atoms with E-state index >= 15 is 0 Å². The molecular weight excluding hydrogens is 294 g/mol. The standard InChI is InChI=1S/C14H25NO5S/c1-10(5-6-16)21-14(7-11(17)18)8-15(9-14)12(19)20-13(2,3)4/h10,16H,5-9H2,1-4H3,(H,17,18). The van der Waals surface area contributed by atoms with E-state index in [2.05, 4.69) is 0 Å². The average molecular weight is 319 g/mol. The van der Waals surface area contributed by atoms with Crippen molar-refractivity contribution in [2.75, 3.05) is 19.7 Å². The number of hydrogen-bond donors (Lipinski definition) is 2. The molecule has 0 radical (unpaired) electrons. The number of rotatable bonds is 6. The summed E-state index contributed by atoms with van der Waals surface area (Å²) in [7, 11) is 0. The zero-order valence-corrected chi connectivity index (χ0v) is 13.9. The van der Waals surface area contributed by atoms with E-state index in [1.54, 1.807) is 20.8 Å². The number of aliphatic hydroxyl groups is 1. The first kappa shape index (κ1) is 18.1. The topological polar surface area (TPSA) is 87.1 Å². The van der Waals surface area contributed by atoms with E-state index in [0.29, 0.717) is 19.5 Å². The second-order valence-corrected chi connectivity index (χ2v) is 8.44. The van der Waals surface area contributed by atoms with Crippen LogP contribution in [0.3, 0.4) is 0 Å². The summed E-state index contributed by atoms with van der Waals surface area (Å²) in [4.78, 5) is 24.5. The maximum absolute atomic E-state index is 11.9. The van der Waals surface area contributed by atoms with Crippen LogP contribution in [0, 0.1) is 0 Å². The van der Waals surface area contributed by atoms with Crippen molar-refractivity contribution in [2.45, 2.75) is 56.1 Å². The lowest BCUT2D eigenvalue weighted by molar-refractivity contribution is -0.138. The molecule has 0 aliphatic carbocycles. The summed E-state index contributed by atoms with van der Waals surface area (Å²) in [6.45, 7) is 8.17. The molecule has 1 unspecified atom stereocenters. The van der Waals surface area contributed by atoms with Crippen molar-refractivity contribution >= 4 is 23.8 Å². The highest BCUT2D eigenvalue weighted by Gasteiger charge is 2.49. The molecule has 1 rings (SSSR count). The fraction of sp³-hybridized carbons (Fsp3) is 0.857. The number of nitrogens with zero attached hydrogens (tertiary/aromatic N) is 1. The summed E-state index contributed by atoms with van der Waals surface area (Å²) < 4.78 is 4.81. The smallest absolute Gasteiger partial charge is 0.410 e. The molecule has 0 saturated carbocycles. The lowest BCUT2D eigenvalue weighted by Gasteiger charge is -2.49. The molecule has 0 aromatic carbocycles. The number of carboxylic acids is 1. The Morgan fingerprint density at radius 3 is 2.38 bits per heavy atom. The fourth-order valence-corrected chi connectivity index (χ4v) is 4.02. The van der Waals surface area contributed by atoms with Crippen molar-refractivity contribution in [3.8, 4) is 0 Å². The Hall–Kier alpha value is -0.950. The summed E-state index contributed by atoms with van der Waals surface area (Å²) in [5.41, 5.74) is -0.556. The molecule has 7 heteroatoms. The predicted molar refractivity (Wildman–Crippen MR) is 81.5 cm³/mol. The molecule has 0 bridgehead atoms. The Morgan fingerprint density at radius 1 is 1.38 bits per heavy atom. The van der Waals surface area contributed by atoms with Crippen LogP contribution in [0.1, 0.15) is 40.5 Å². The van der Waals surface area contributed by atoms with Crippen molar-refractivity contribution in [1.29, 1.82) is 0 Å². The minimum Gasteiger partial charge on any atom is -0.481 e. The maximum Gasteiger partial charge on any atom is 0.410 e. The third kappa shape index (κ3) is 5.74. The number of carbonyl (C=O) groups excluding carboxylic acids is 1. The summed E-state index contributed by atoms with van der Waals surface area (Å²) in [6.07, 6.45) is 0.213. The van der Waals surface area contributed by atoms with Crippen molar-refractivity contribution in [3.05, 3.63) is 0 Å². The molecule has 1 aliphatic rings. The summed E-state index contributed by atoms with van der Waals surface area (Å²) in [5.74, 6) is -0.873. The number of hydrogen-bond acceptors (Lipinski definition) is 5. The monoisotopic (exact) mass is 319 g/mol. The predicted octanol–water partition coefficient (Wildman–Crippen LogP) is 1.95. The number of ether oxygens (including phenoxy) is 1. The Labute approximate surface area is 129 Å². The van der Waals surface area contributed by atoms with Gasteiger partial charge in [-0.3, -0.25) is 4.79 Å². The van der Waals surface area contributed by atoms with Gasteiger partial charge in [-0.15, -0.1) is 11.8 Å². The van der Waals surface area contributed by atoms with Gasteiger partial charge in [-0.25, -0.2) is 4.79 Å². The number of carboxylic acid groups (broad SMARTS) is 1. The van der Waals surface area contributed by atoms with Gasteiger partial charge in [0, 0.05) is 24.9 Å². The molecule has 1 saturated heterocycles. The second-order valence-electron chi connectivity index (χ2n) is 6.53. The van der Waals surface area contributed by atoms with E-state index in [0.717, 1.165) is 0 Å². The molecule has 1 aliphatic heterocycles. The number of carbonyl (C=O) groups is 2. The number of aliphatic carboxylic acids is 1. The van der Waals surface area contributed by atoms with Crippen LogP contribution < -0.4 is 0 Å². The van der Waals surface area contributed by atoms with Gasteiger partial charge < -0.3 is 19.8 Å². The first-order valence-corrected chi connectivity index (χ1v) is 7.93. The minimum absolute atomic E-state index is 0.00668. The van der Waals surface area contributed by atoms with Gasteiger partial charge in [-0.05, 0) is 27.2 Å². The Kier molecular flexibility index (Phi) is 5.92. The molecule has 0 spiro atoms. The molecule has 1 heterocycles. The first-order valence-electron chi connectivity index (χ1n) is 7.05. The van der Waals surface area contributed by atoms with Gasteiger partial charge in [0.25, 0.3) is 0 Å². The van der Waals surface area contributed by atoms with Crippen molar-refractivity contribution < 1.29 is 24.5 Å². The largest absolute Gasteiger partial charge is 0.481 e. The van der Waals surface area contributed by atoms with Gasteiger partial charge in [0.2, 0.25) is 0 Å². The van der Waals surface area contributed by atoms with Crippen LogP contribution in [0.2, 0.25) is 0 Å². The van der Waals surface area contributed by atoms with E-state index in [-0.39, 0.29) is 18.3 Å². The molecule has 2 N–H and O–H groups in total. The molecule has 122 valence electrons. The number of likely N-dealkylation sites (tertiary alicyclic amines) is 1. The average Bonchev–Trinajstić information content (AvgIpc) is 2.21.